The van der Waals surface area contributed by atoms with E-state index in [-0.39, 0.29) is 0 Å². The van der Waals surface area contributed by atoms with Crippen LogP contribution in [0.2, 0.25) is 0 Å². The zero-order chi connectivity index (χ0) is 9.26. The first-order valence-electron chi connectivity index (χ1n) is 4.21. The fraction of sp³-hybridized carbons (Fsp3) is 0.200. The van der Waals surface area contributed by atoms with Crippen molar-refractivity contribution in [3.8, 4) is 6.07 Å². The number of hydrogen-bond donors (Lipinski definition) is 1. The monoisotopic (exact) mass is 171 g/mol. The van der Waals surface area contributed by atoms with Crippen LogP contribution in [-0.4, -0.2) is 10.2 Å². The second-order valence-electron chi connectivity index (χ2n) is 2.93. The van der Waals surface area contributed by atoms with Gasteiger partial charge in [-0.15, -0.1) is 0 Å². The highest BCUT2D eigenvalue weighted by Crippen LogP contribution is 2.17. The van der Waals surface area contributed by atoms with Gasteiger partial charge in [-0.2, -0.15) is 10.4 Å². The molecular formula is C10H9N3. The average Bonchev–Trinajstić information content (AvgIpc) is 2.62. The normalized spacial score (nSPS) is 10.2. The summed E-state index contributed by atoms with van der Waals surface area (Å²) in [6.07, 6.45) is 2.60. The van der Waals surface area contributed by atoms with E-state index in [1.807, 2.05) is 19.1 Å². The SMILES string of the molecule is CCc1cc2[nH]ncc2cc1C#N. The second-order valence-corrected chi connectivity index (χ2v) is 2.93. The topological polar surface area (TPSA) is 52.5 Å². The molecule has 0 aliphatic heterocycles. The summed E-state index contributed by atoms with van der Waals surface area (Å²) in [5.41, 5.74) is 2.81. The number of H-pyrrole nitrogens is 1. The van der Waals surface area contributed by atoms with E-state index in [2.05, 4.69) is 16.3 Å². The van der Waals surface area contributed by atoms with Gasteiger partial charge in [0.25, 0.3) is 0 Å². The van der Waals surface area contributed by atoms with Crippen molar-refractivity contribution in [2.75, 3.05) is 0 Å². The lowest BCUT2D eigenvalue weighted by molar-refractivity contribution is 1.11. The van der Waals surface area contributed by atoms with E-state index >= 15 is 0 Å². The maximum atomic E-state index is 8.87. The summed E-state index contributed by atoms with van der Waals surface area (Å²) in [6, 6.07) is 6.05. The molecule has 0 amide bonds. The molecule has 1 aromatic carbocycles. The maximum Gasteiger partial charge on any atom is 0.0994 e. The Labute approximate surface area is 76.0 Å². The molecular weight excluding hydrogens is 162 g/mol. The van der Waals surface area contributed by atoms with Gasteiger partial charge < -0.3 is 0 Å². The summed E-state index contributed by atoms with van der Waals surface area (Å²) >= 11 is 0. The highest BCUT2D eigenvalue weighted by Gasteiger charge is 2.03. The van der Waals surface area contributed by atoms with Crippen LogP contribution >= 0.6 is 0 Å². The van der Waals surface area contributed by atoms with Gasteiger partial charge in [-0.1, -0.05) is 6.92 Å². The van der Waals surface area contributed by atoms with Gasteiger partial charge in [-0.3, -0.25) is 5.10 Å². The summed E-state index contributed by atoms with van der Waals surface area (Å²) in [5.74, 6) is 0. The molecule has 3 nitrogen and oxygen atoms in total. The van der Waals surface area contributed by atoms with Crippen molar-refractivity contribution in [3.63, 3.8) is 0 Å². The van der Waals surface area contributed by atoms with Crippen LogP contribution in [0.25, 0.3) is 10.9 Å². The molecule has 64 valence electrons. The lowest BCUT2D eigenvalue weighted by atomic mass is 10.0. The Morgan fingerprint density at radius 1 is 1.54 bits per heavy atom. The zero-order valence-corrected chi connectivity index (χ0v) is 7.33. The molecule has 1 heterocycles. The maximum absolute atomic E-state index is 8.87. The zero-order valence-electron chi connectivity index (χ0n) is 7.33. The first-order valence-corrected chi connectivity index (χ1v) is 4.21. The van der Waals surface area contributed by atoms with Crippen LogP contribution in [0.5, 0.6) is 0 Å². The van der Waals surface area contributed by atoms with Gasteiger partial charge in [0.05, 0.1) is 23.3 Å². The number of fused-ring (bicyclic) bond motifs is 1. The highest BCUT2D eigenvalue weighted by molar-refractivity contribution is 5.80. The van der Waals surface area contributed by atoms with Gasteiger partial charge in [0.1, 0.15) is 0 Å². The minimum atomic E-state index is 0.747. The third-order valence-corrected chi connectivity index (χ3v) is 2.17. The number of benzene rings is 1. The molecule has 0 aliphatic carbocycles. The van der Waals surface area contributed by atoms with E-state index in [0.29, 0.717) is 0 Å². The van der Waals surface area contributed by atoms with E-state index in [1.54, 1.807) is 6.20 Å². The predicted molar refractivity (Wildman–Crippen MR) is 50.2 cm³/mol. The van der Waals surface area contributed by atoms with Crippen LogP contribution in [0.1, 0.15) is 18.1 Å². The Morgan fingerprint density at radius 2 is 2.38 bits per heavy atom. The van der Waals surface area contributed by atoms with Crippen molar-refractivity contribution >= 4 is 10.9 Å². The summed E-state index contributed by atoms with van der Waals surface area (Å²) < 4.78 is 0. The molecule has 2 rings (SSSR count). The Bertz CT molecular complexity index is 476. The average molecular weight is 171 g/mol. The number of hydrogen-bond acceptors (Lipinski definition) is 2. The van der Waals surface area contributed by atoms with Gasteiger partial charge in [0, 0.05) is 5.39 Å². The first-order chi connectivity index (χ1) is 6.35. The summed E-state index contributed by atoms with van der Waals surface area (Å²) in [5, 5.41) is 16.7. The van der Waals surface area contributed by atoms with Gasteiger partial charge in [0.2, 0.25) is 0 Å². The number of nitrogens with one attached hydrogen (secondary N) is 1. The summed E-state index contributed by atoms with van der Waals surface area (Å²) in [6.45, 7) is 2.04. The third kappa shape index (κ3) is 1.17. The molecule has 0 radical (unpaired) electrons. The number of aryl methyl sites for hydroxylation is 1. The number of aromatic nitrogens is 2. The van der Waals surface area contributed by atoms with Crippen molar-refractivity contribution < 1.29 is 0 Å². The van der Waals surface area contributed by atoms with E-state index in [0.717, 1.165) is 28.5 Å². The van der Waals surface area contributed by atoms with Gasteiger partial charge in [0.15, 0.2) is 0 Å². The van der Waals surface area contributed by atoms with Gasteiger partial charge in [-0.25, -0.2) is 0 Å². The molecule has 1 N–H and O–H groups in total. The van der Waals surface area contributed by atoms with Crippen LogP contribution < -0.4 is 0 Å². The molecule has 0 saturated carbocycles. The highest BCUT2D eigenvalue weighted by atomic mass is 15.1. The van der Waals surface area contributed by atoms with E-state index in [4.69, 9.17) is 5.26 Å². The quantitative estimate of drug-likeness (QED) is 0.713. The molecule has 2 aromatic rings. The molecule has 3 heteroatoms. The van der Waals surface area contributed by atoms with E-state index in [9.17, 15) is 0 Å². The Kier molecular flexibility index (Phi) is 1.75. The van der Waals surface area contributed by atoms with Crippen LogP contribution in [0.3, 0.4) is 0 Å². The van der Waals surface area contributed by atoms with Crippen molar-refractivity contribution in [2.24, 2.45) is 0 Å². The minimum Gasteiger partial charge on any atom is -0.278 e. The largest absolute Gasteiger partial charge is 0.278 e. The number of rotatable bonds is 1. The molecule has 0 aliphatic rings. The number of aromatic amines is 1. The lowest BCUT2D eigenvalue weighted by Crippen LogP contribution is -1.86. The Balaban J connectivity index is 2.76. The number of nitrogens with zero attached hydrogens (tertiary/aromatic N) is 2. The van der Waals surface area contributed by atoms with Crippen molar-refractivity contribution in [1.82, 2.24) is 10.2 Å². The van der Waals surface area contributed by atoms with Crippen LogP contribution in [0.4, 0.5) is 0 Å². The Hall–Kier alpha value is -1.82. The molecule has 0 unspecified atom stereocenters. The Morgan fingerprint density at radius 3 is 3.08 bits per heavy atom. The summed E-state index contributed by atoms with van der Waals surface area (Å²) in [4.78, 5) is 0. The number of nitriles is 1. The third-order valence-electron chi connectivity index (χ3n) is 2.17. The van der Waals surface area contributed by atoms with Crippen molar-refractivity contribution in [3.05, 3.63) is 29.5 Å². The standard InChI is InChI=1S/C10H9N3/c1-2-7-4-10-9(6-12-13-10)3-8(7)5-11/h3-4,6H,2H2,1H3,(H,12,13). The van der Waals surface area contributed by atoms with Crippen LogP contribution in [0.15, 0.2) is 18.3 Å². The van der Waals surface area contributed by atoms with Gasteiger partial charge >= 0.3 is 0 Å². The van der Waals surface area contributed by atoms with Crippen LogP contribution in [-0.2, 0) is 6.42 Å². The van der Waals surface area contributed by atoms with Gasteiger partial charge in [-0.05, 0) is 24.1 Å². The first kappa shape index (κ1) is 7.81. The second kappa shape index (κ2) is 2.91. The minimum absolute atomic E-state index is 0.747. The van der Waals surface area contributed by atoms with Crippen molar-refractivity contribution in [1.29, 1.82) is 5.26 Å². The molecule has 0 bridgehead atoms. The van der Waals surface area contributed by atoms with E-state index in [1.165, 1.54) is 0 Å². The van der Waals surface area contributed by atoms with Crippen LogP contribution in [0, 0.1) is 11.3 Å². The molecule has 0 atom stereocenters. The smallest absolute Gasteiger partial charge is 0.0994 e. The molecule has 0 fully saturated rings. The molecule has 1 aromatic heterocycles. The molecule has 13 heavy (non-hydrogen) atoms. The lowest BCUT2D eigenvalue weighted by Gasteiger charge is -1.99. The van der Waals surface area contributed by atoms with Crippen molar-refractivity contribution in [2.45, 2.75) is 13.3 Å². The molecule has 0 saturated heterocycles. The fourth-order valence-electron chi connectivity index (χ4n) is 1.43. The van der Waals surface area contributed by atoms with E-state index < -0.39 is 0 Å². The predicted octanol–water partition coefficient (Wildman–Crippen LogP) is 2.00. The summed E-state index contributed by atoms with van der Waals surface area (Å²) in [7, 11) is 0. The fourth-order valence-corrected chi connectivity index (χ4v) is 1.43. The molecule has 0 spiro atoms.